The molecule has 5 unspecified atom stereocenters. The summed E-state index contributed by atoms with van der Waals surface area (Å²) in [5.41, 5.74) is 4.87. The van der Waals surface area contributed by atoms with Gasteiger partial charge in [0.25, 0.3) is 0 Å². The number of carbonyl (C=O) groups is 1. The Balaban J connectivity index is 2.07. The lowest BCUT2D eigenvalue weighted by molar-refractivity contribution is -0.145. The molecule has 7 heteroatoms. The molecule has 2 saturated carbocycles. The molecular weight excluding hydrogens is 249 g/mol. The zero-order valence-electron chi connectivity index (χ0n) is 10.9. The van der Waals surface area contributed by atoms with Crippen molar-refractivity contribution in [3.63, 3.8) is 0 Å². The second-order valence-electron chi connectivity index (χ2n) is 6.12. The zero-order valence-corrected chi connectivity index (χ0v) is 10.9. The summed E-state index contributed by atoms with van der Waals surface area (Å²) in [6.45, 7) is 0. The molecule has 0 aromatic rings. The number of aliphatic hydroxyl groups is 1. The highest BCUT2D eigenvalue weighted by Gasteiger charge is 2.57. The van der Waals surface area contributed by atoms with Crippen molar-refractivity contribution in [3.8, 4) is 0 Å². The topological polar surface area (TPSA) is 124 Å². The number of aliphatic carboxylic acids is 1. The quantitative estimate of drug-likeness (QED) is 0.426. The van der Waals surface area contributed by atoms with Gasteiger partial charge in [0.05, 0.1) is 6.10 Å². The van der Waals surface area contributed by atoms with E-state index in [0.717, 1.165) is 0 Å². The highest BCUT2D eigenvalue weighted by Crippen LogP contribution is 2.53. The molecule has 0 heterocycles. The van der Waals surface area contributed by atoms with Crippen molar-refractivity contribution in [3.05, 3.63) is 0 Å². The lowest BCUT2D eigenvalue weighted by Crippen LogP contribution is -2.52. The molecular formula is C12H22BNO5. The minimum Gasteiger partial charge on any atom is -0.480 e. The largest absolute Gasteiger partial charge is 0.480 e. The summed E-state index contributed by atoms with van der Waals surface area (Å²) in [7, 11) is -1.36. The van der Waals surface area contributed by atoms with Crippen LogP contribution >= 0.6 is 0 Å². The Morgan fingerprint density at radius 1 is 1.37 bits per heavy atom. The van der Waals surface area contributed by atoms with E-state index in [1.807, 2.05) is 0 Å². The molecule has 2 aliphatic carbocycles. The highest BCUT2D eigenvalue weighted by atomic mass is 16.4. The molecule has 2 fully saturated rings. The molecule has 0 aromatic carbocycles. The van der Waals surface area contributed by atoms with Gasteiger partial charge >= 0.3 is 13.1 Å². The van der Waals surface area contributed by atoms with Gasteiger partial charge in [0.1, 0.15) is 5.54 Å². The number of hydrogen-bond donors (Lipinski definition) is 5. The molecule has 0 bridgehead atoms. The van der Waals surface area contributed by atoms with Gasteiger partial charge in [-0.1, -0.05) is 6.42 Å². The Hall–Kier alpha value is -0.625. The fraction of sp³-hybridized carbons (Fsp3) is 0.917. The summed E-state index contributed by atoms with van der Waals surface area (Å²) in [4.78, 5) is 11.5. The van der Waals surface area contributed by atoms with Gasteiger partial charge < -0.3 is 26.0 Å². The smallest absolute Gasteiger partial charge is 0.451 e. The minimum absolute atomic E-state index is 0.145. The minimum atomic E-state index is -1.36. The standard InChI is InChI=1S/C12H22BNO5/c14-12(11(16)17)6-7-4-8(15)5-9(7)10(12)2-1-3-13(18)19/h7-10,15,18-19H,1-6,14H2,(H,16,17). The maximum Gasteiger partial charge on any atom is 0.451 e. The van der Waals surface area contributed by atoms with E-state index < -0.39 is 18.6 Å². The fourth-order valence-corrected chi connectivity index (χ4v) is 4.06. The van der Waals surface area contributed by atoms with Crippen LogP contribution in [0.25, 0.3) is 0 Å². The van der Waals surface area contributed by atoms with Crippen LogP contribution in [0, 0.1) is 17.8 Å². The molecule has 5 atom stereocenters. The Morgan fingerprint density at radius 2 is 2.05 bits per heavy atom. The third-order valence-corrected chi connectivity index (χ3v) is 4.88. The first-order valence-corrected chi connectivity index (χ1v) is 6.91. The van der Waals surface area contributed by atoms with Crippen molar-refractivity contribution in [1.82, 2.24) is 0 Å². The van der Waals surface area contributed by atoms with Gasteiger partial charge in [-0.05, 0) is 49.8 Å². The van der Waals surface area contributed by atoms with Crippen LogP contribution in [-0.2, 0) is 4.79 Å². The summed E-state index contributed by atoms with van der Waals surface area (Å²) in [6, 6.07) is 0. The van der Waals surface area contributed by atoms with Crippen molar-refractivity contribution in [2.75, 3.05) is 0 Å². The number of carboxylic acid groups (broad SMARTS) is 1. The van der Waals surface area contributed by atoms with E-state index >= 15 is 0 Å². The molecule has 0 aromatic heterocycles. The lowest BCUT2D eigenvalue weighted by Gasteiger charge is -2.30. The van der Waals surface area contributed by atoms with E-state index in [-0.39, 0.29) is 30.2 Å². The van der Waals surface area contributed by atoms with Gasteiger partial charge in [-0.15, -0.1) is 0 Å². The van der Waals surface area contributed by atoms with Crippen molar-refractivity contribution >= 4 is 13.1 Å². The van der Waals surface area contributed by atoms with Crippen molar-refractivity contribution < 1.29 is 25.1 Å². The third-order valence-electron chi connectivity index (χ3n) is 4.88. The molecule has 19 heavy (non-hydrogen) atoms. The molecule has 0 amide bonds. The summed E-state index contributed by atoms with van der Waals surface area (Å²) in [5, 5.41) is 36.8. The molecule has 108 valence electrons. The van der Waals surface area contributed by atoms with Crippen molar-refractivity contribution in [1.29, 1.82) is 0 Å². The highest BCUT2D eigenvalue weighted by molar-refractivity contribution is 6.40. The molecule has 0 saturated heterocycles. The SMILES string of the molecule is NC1(C(=O)O)CC2CC(O)CC2C1CCCB(O)O. The number of fused-ring (bicyclic) bond motifs is 1. The summed E-state index contributed by atoms with van der Waals surface area (Å²) >= 11 is 0. The van der Waals surface area contributed by atoms with Gasteiger partial charge in [-0.2, -0.15) is 0 Å². The van der Waals surface area contributed by atoms with Crippen LogP contribution in [0.3, 0.4) is 0 Å². The van der Waals surface area contributed by atoms with Crippen LogP contribution in [-0.4, -0.2) is 45.0 Å². The first-order chi connectivity index (χ1) is 8.84. The normalized spacial score (nSPS) is 41.3. The number of hydrogen-bond acceptors (Lipinski definition) is 5. The van der Waals surface area contributed by atoms with Gasteiger partial charge in [0, 0.05) is 0 Å². The second-order valence-corrected chi connectivity index (χ2v) is 6.12. The number of rotatable bonds is 5. The number of aliphatic hydroxyl groups excluding tert-OH is 1. The van der Waals surface area contributed by atoms with Gasteiger partial charge in [-0.25, -0.2) is 0 Å². The molecule has 2 rings (SSSR count). The summed E-state index contributed by atoms with van der Waals surface area (Å²) in [6.07, 6.45) is 2.64. The van der Waals surface area contributed by atoms with Gasteiger partial charge in [0.2, 0.25) is 0 Å². The molecule has 6 nitrogen and oxygen atoms in total. The first-order valence-electron chi connectivity index (χ1n) is 6.91. The predicted molar refractivity (Wildman–Crippen MR) is 69.1 cm³/mol. The van der Waals surface area contributed by atoms with Crippen LogP contribution in [0.4, 0.5) is 0 Å². The average Bonchev–Trinajstić information content (AvgIpc) is 2.74. The summed E-state index contributed by atoms with van der Waals surface area (Å²) in [5.74, 6) is -0.844. The van der Waals surface area contributed by atoms with E-state index in [9.17, 15) is 15.0 Å². The molecule has 6 N–H and O–H groups in total. The summed E-state index contributed by atoms with van der Waals surface area (Å²) < 4.78 is 0. The van der Waals surface area contributed by atoms with E-state index in [0.29, 0.717) is 32.1 Å². The van der Waals surface area contributed by atoms with E-state index in [1.54, 1.807) is 0 Å². The van der Waals surface area contributed by atoms with E-state index in [2.05, 4.69) is 0 Å². The van der Waals surface area contributed by atoms with Crippen LogP contribution < -0.4 is 5.73 Å². The van der Waals surface area contributed by atoms with Gasteiger partial charge in [-0.3, -0.25) is 4.79 Å². The first kappa shape index (κ1) is 14.8. The third kappa shape index (κ3) is 2.79. The van der Waals surface area contributed by atoms with E-state index in [1.165, 1.54) is 0 Å². The van der Waals surface area contributed by atoms with Crippen molar-refractivity contribution in [2.45, 2.75) is 50.1 Å². The van der Waals surface area contributed by atoms with Crippen LogP contribution in [0.2, 0.25) is 6.32 Å². The Labute approximate surface area is 112 Å². The monoisotopic (exact) mass is 271 g/mol. The Bertz CT molecular complexity index is 353. The van der Waals surface area contributed by atoms with Crippen molar-refractivity contribution in [2.24, 2.45) is 23.5 Å². The second kappa shape index (κ2) is 5.40. The molecule has 2 aliphatic rings. The number of nitrogens with two attached hydrogens (primary N) is 1. The van der Waals surface area contributed by atoms with E-state index in [4.69, 9.17) is 15.8 Å². The maximum atomic E-state index is 11.5. The predicted octanol–water partition coefficient (Wildman–Crippen LogP) is -0.572. The molecule has 0 radical (unpaired) electrons. The Kier molecular flexibility index (Phi) is 4.20. The molecule has 0 aliphatic heterocycles. The van der Waals surface area contributed by atoms with Crippen LogP contribution in [0.1, 0.15) is 32.1 Å². The van der Waals surface area contributed by atoms with Crippen LogP contribution in [0.5, 0.6) is 0 Å². The Morgan fingerprint density at radius 3 is 2.63 bits per heavy atom. The van der Waals surface area contributed by atoms with Crippen LogP contribution in [0.15, 0.2) is 0 Å². The lowest BCUT2D eigenvalue weighted by atomic mass is 9.75. The average molecular weight is 271 g/mol. The van der Waals surface area contributed by atoms with Gasteiger partial charge in [0.15, 0.2) is 0 Å². The maximum absolute atomic E-state index is 11.5. The zero-order chi connectivity index (χ0) is 14.2. The fourth-order valence-electron chi connectivity index (χ4n) is 4.06. The number of carboxylic acids is 1. The molecule has 0 spiro atoms.